The number of benzene rings is 1. The minimum Gasteiger partial charge on any atom is -0.480 e. The van der Waals surface area contributed by atoms with Crippen LogP contribution in [0.15, 0.2) is 34.9 Å². The molecule has 1 aliphatic heterocycles. The van der Waals surface area contributed by atoms with E-state index in [1.165, 1.54) is 0 Å². The number of hydrogen-bond donors (Lipinski definition) is 1. The van der Waals surface area contributed by atoms with Gasteiger partial charge in [0.2, 0.25) is 11.7 Å². The molecule has 0 radical (unpaired) electrons. The van der Waals surface area contributed by atoms with Crippen LogP contribution in [0.2, 0.25) is 0 Å². The summed E-state index contributed by atoms with van der Waals surface area (Å²) in [5, 5.41) is 6.97. The Labute approximate surface area is 162 Å². The van der Waals surface area contributed by atoms with Crippen LogP contribution in [0.5, 0.6) is 5.88 Å². The SMILES string of the molecule is COc1nc(C)cc(C)c1-c1noc(-c2cccc(N3CCCNC3=O)c2)n1. The predicted molar refractivity (Wildman–Crippen MR) is 104 cm³/mol. The van der Waals surface area contributed by atoms with Crippen molar-refractivity contribution in [2.45, 2.75) is 20.3 Å². The van der Waals surface area contributed by atoms with Crippen molar-refractivity contribution in [3.8, 4) is 28.7 Å². The molecule has 8 heteroatoms. The number of anilines is 1. The average Bonchev–Trinajstić information content (AvgIpc) is 3.17. The third-order valence-electron chi connectivity index (χ3n) is 4.64. The number of hydrogen-bond acceptors (Lipinski definition) is 6. The van der Waals surface area contributed by atoms with E-state index in [0.29, 0.717) is 36.2 Å². The maximum atomic E-state index is 12.1. The van der Waals surface area contributed by atoms with Crippen molar-refractivity contribution < 1.29 is 14.1 Å². The molecule has 0 unspecified atom stereocenters. The quantitative estimate of drug-likeness (QED) is 0.747. The zero-order chi connectivity index (χ0) is 19.7. The number of rotatable bonds is 4. The zero-order valence-corrected chi connectivity index (χ0v) is 16.0. The Kier molecular flexibility index (Phi) is 4.68. The van der Waals surface area contributed by atoms with Crippen LogP contribution < -0.4 is 15.0 Å². The maximum Gasteiger partial charge on any atom is 0.321 e. The third kappa shape index (κ3) is 3.28. The Morgan fingerprint density at radius 2 is 2.07 bits per heavy atom. The Hall–Kier alpha value is -3.42. The fourth-order valence-corrected chi connectivity index (χ4v) is 3.35. The fraction of sp³-hybridized carbons (Fsp3) is 0.300. The topological polar surface area (TPSA) is 93.4 Å². The van der Waals surface area contributed by atoms with Crippen molar-refractivity contribution in [3.05, 3.63) is 41.6 Å². The molecule has 0 spiro atoms. The number of nitrogens with one attached hydrogen (secondary N) is 1. The number of aryl methyl sites for hydroxylation is 2. The van der Waals surface area contributed by atoms with Gasteiger partial charge in [0.15, 0.2) is 0 Å². The predicted octanol–water partition coefficient (Wildman–Crippen LogP) is 3.34. The molecular weight excluding hydrogens is 358 g/mol. The summed E-state index contributed by atoms with van der Waals surface area (Å²) in [6, 6.07) is 9.36. The Balaban J connectivity index is 1.69. The van der Waals surface area contributed by atoms with E-state index in [9.17, 15) is 4.79 Å². The zero-order valence-electron chi connectivity index (χ0n) is 16.0. The van der Waals surface area contributed by atoms with E-state index in [-0.39, 0.29) is 6.03 Å². The van der Waals surface area contributed by atoms with Gasteiger partial charge in [0.1, 0.15) is 0 Å². The first-order valence-electron chi connectivity index (χ1n) is 9.09. The summed E-state index contributed by atoms with van der Waals surface area (Å²) in [6.07, 6.45) is 0.903. The molecular formula is C20H21N5O3. The summed E-state index contributed by atoms with van der Waals surface area (Å²) in [4.78, 5) is 22.8. The van der Waals surface area contributed by atoms with Crippen molar-refractivity contribution in [2.75, 3.05) is 25.1 Å². The second kappa shape index (κ2) is 7.30. The highest BCUT2D eigenvalue weighted by atomic mass is 16.5. The van der Waals surface area contributed by atoms with Gasteiger partial charge in [0.05, 0.1) is 12.7 Å². The van der Waals surface area contributed by atoms with E-state index < -0.39 is 0 Å². The largest absolute Gasteiger partial charge is 0.480 e. The van der Waals surface area contributed by atoms with Gasteiger partial charge in [-0.2, -0.15) is 4.98 Å². The Bertz CT molecular complexity index is 1030. The van der Waals surface area contributed by atoms with Gasteiger partial charge in [-0.1, -0.05) is 11.2 Å². The van der Waals surface area contributed by atoms with E-state index in [1.54, 1.807) is 12.0 Å². The number of carbonyl (C=O) groups excluding carboxylic acids is 1. The monoisotopic (exact) mass is 379 g/mol. The van der Waals surface area contributed by atoms with Crippen LogP contribution in [-0.2, 0) is 0 Å². The van der Waals surface area contributed by atoms with Gasteiger partial charge in [-0.15, -0.1) is 0 Å². The van der Waals surface area contributed by atoms with Crippen LogP contribution in [0.4, 0.5) is 10.5 Å². The van der Waals surface area contributed by atoms with Crippen LogP contribution in [0.25, 0.3) is 22.8 Å². The van der Waals surface area contributed by atoms with Crippen LogP contribution in [0.1, 0.15) is 17.7 Å². The number of aromatic nitrogens is 3. The van der Waals surface area contributed by atoms with E-state index >= 15 is 0 Å². The first-order chi connectivity index (χ1) is 13.6. The fourth-order valence-electron chi connectivity index (χ4n) is 3.35. The van der Waals surface area contributed by atoms with Gasteiger partial charge in [0.25, 0.3) is 5.89 Å². The van der Waals surface area contributed by atoms with Crippen molar-refractivity contribution in [2.24, 2.45) is 0 Å². The second-order valence-electron chi connectivity index (χ2n) is 6.68. The minimum absolute atomic E-state index is 0.0966. The lowest BCUT2D eigenvalue weighted by Gasteiger charge is -2.27. The van der Waals surface area contributed by atoms with Gasteiger partial charge in [-0.05, 0) is 50.1 Å². The van der Waals surface area contributed by atoms with E-state index in [4.69, 9.17) is 9.26 Å². The molecule has 2 amide bonds. The molecule has 4 rings (SSSR count). The highest BCUT2D eigenvalue weighted by Crippen LogP contribution is 2.32. The lowest BCUT2D eigenvalue weighted by molar-refractivity contribution is 0.243. The van der Waals surface area contributed by atoms with Crippen LogP contribution in [0.3, 0.4) is 0 Å². The van der Waals surface area contributed by atoms with Gasteiger partial charge < -0.3 is 14.6 Å². The average molecular weight is 379 g/mol. The third-order valence-corrected chi connectivity index (χ3v) is 4.64. The minimum atomic E-state index is -0.0966. The molecule has 3 heterocycles. The lowest BCUT2D eigenvalue weighted by atomic mass is 10.1. The van der Waals surface area contributed by atoms with Gasteiger partial charge in [0, 0.05) is 30.0 Å². The number of amides is 2. The number of ether oxygens (including phenoxy) is 1. The lowest BCUT2D eigenvalue weighted by Crippen LogP contribution is -2.46. The van der Waals surface area contributed by atoms with E-state index in [2.05, 4.69) is 20.4 Å². The van der Waals surface area contributed by atoms with Crippen molar-refractivity contribution in [3.63, 3.8) is 0 Å². The molecule has 28 heavy (non-hydrogen) atoms. The van der Waals surface area contributed by atoms with E-state index in [1.807, 2.05) is 44.2 Å². The molecule has 0 saturated carbocycles. The molecule has 1 aromatic carbocycles. The summed E-state index contributed by atoms with van der Waals surface area (Å²) in [5.74, 6) is 1.25. The van der Waals surface area contributed by atoms with Crippen LogP contribution in [0, 0.1) is 13.8 Å². The normalized spacial score (nSPS) is 14.1. The molecule has 1 saturated heterocycles. The number of nitrogens with zero attached hydrogens (tertiary/aromatic N) is 4. The standard InChI is InChI=1S/C20H21N5O3/c1-12-10-13(2)22-19(27-3)16(12)17-23-18(28-24-17)14-6-4-7-15(11-14)25-9-5-8-21-20(25)26/h4,6-7,10-11H,5,8-9H2,1-3H3,(H,21,26). The van der Waals surface area contributed by atoms with Crippen molar-refractivity contribution in [1.82, 2.24) is 20.4 Å². The first-order valence-corrected chi connectivity index (χ1v) is 9.09. The molecule has 2 aromatic heterocycles. The van der Waals surface area contributed by atoms with Gasteiger partial charge in [-0.3, -0.25) is 4.90 Å². The Morgan fingerprint density at radius 1 is 1.21 bits per heavy atom. The Morgan fingerprint density at radius 3 is 2.86 bits per heavy atom. The number of carbonyl (C=O) groups is 1. The molecule has 0 bridgehead atoms. The smallest absolute Gasteiger partial charge is 0.321 e. The van der Waals surface area contributed by atoms with E-state index in [0.717, 1.165) is 28.9 Å². The molecule has 8 nitrogen and oxygen atoms in total. The number of pyridine rings is 1. The number of methoxy groups -OCH3 is 1. The first kappa shape index (κ1) is 18.0. The van der Waals surface area contributed by atoms with Gasteiger partial charge in [-0.25, -0.2) is 9.78 Å². The molecule has 0 atom stereocenters. The molecule has 1 fully saturated rings. The van der Waals surface area contributed by atoms with Gasteiger partial charge >= 0.3 is 6.03 Å². The van der Waals surface area contributed by atoms with Crippen molar-refractivity contribution in [1.29, 1.82) is 0 Å². The molecule has 144 valence electrons. The van der Waals surface area contributed by atoms with Crippen LogP contribution in [-0.4, -0.2) is 41.4 Å². The highest BCUT2D eigenvalue weighted by Gasteiger charge is 2.21. The van der Waals surface area contributed by atoms with Crippen LogP contribution >= 0.6 is 0 Å². The summed E-state index contributed by atoms with van der Waals surface area (Å²) >= 11 is 0. The second-order valence-corrected chi connectivity index (χ2v) is 6.68. The summed E-state index contributed by atoms with van der Waals surface area (Å²) in [5.41, 5.74) is 4.05. The molecule has 3 aromatic rings. The molecule has 1 N–H and O–H groups in total. The molecule has 1 aliphatic rings. The summed E-state index contributed by atoms with van der Waals surface area (Å²) < 4.78 is 10.9. The number of urea groups is 1. The molecule has 0 aliphatic carbocycles. The maximum absolute atomic E-state index is 12.1. The summed E-state index contributed by atoms with van der Waals surface area (Å²) in [6.45, 7) is 5.24. The van der Waals surface area contributed by atoms with Crippen molar-refractivity contribution >= 4 is 11.7 Å². The highest BCUT2D eigenvalue weighted by molar-refractivity contribution is 5.93. The summed E-state index contributed by atoms with van der Waals surface area (Å²) in [7, 11) is 1.57.